The van der Waals surface area contributed by atoms with Gasteiger partial charge in [-0.05, 0) is 92.2 Å². The minimum Gasteiger partial charge on any atom is -0.444 e. The van der Waals surface area contributed by atoms with E-state index in [9.17, 15) is 9.59 Å². The van der Waals surface area contributed by atoms with Crippen LogP contribution in [0.4, 0.5) is 15.3 Å². The summed E-state index contributed by atoms with van der Waals surface area (Å²) in [6, 6.07) is 6.76. The van der Waals surface area contributed by atoms with Gasteiger partial charge in [-0.3, -0.25) is 0 Å². The maximum atomic E-state index is 13.2. The fourth-order valence-electron chi connectivity index (χ4n) is 5.02. The zero-order chi connectivity index (χ0) is 25.1. The van der Waals surface area contributed by atoms with Crippen molar-refractivity contribution in [1.29, 1.82) is 0 Å². The van der Waals surface area contributed by atoms with Gasteiger partial charge in [-0.15, -0.1) is 0 Å². The van der Waals surface area contributed by atoms with Crippen LogP contribution < -0.4 is 10.6 Å². The molecule has 0 unspecified atom stereocenters. The molecule has 2 aliphatic heterocycles. The zero-order valence-corrected chi connectivity index (χ0v) is 22.0. The van der Waals surface area contributed by atoms with Crippen molar-refractivity contribution in [2.75, 3.05) is 18.4 Å². The summed E-state index contributed by atoms with van der Waals surface area (Å²) in [5.74, 6) is 0.328. The number of hydrogen-bond acceptors (Lipinski definition) is 5. The third-order valence-corrected chi connectivity index (χ3v) is 6.30. The van der Waals surface area contributed by atoms with Crippen molar-refractivity contribution in [1.82, 2.24) is 10.2 Å². The minimum atomic E-state index is -0.521. The summed E-state index contributed by atoms with van der Waals surface area (Å²) in [4.78, 5) is 27.0. The molecular weight excluding hydrogens is 430 g/mol. The Morgan fingerprint density at radius 1 is 1.09 bits per heavy atom. The highest BCUT2D eigenvalue weighted by Crippen LogP contribution is 2.47. The summed E-state index contributed by atoms with van der Waals surface area (Å²) in [7, 11) is 0. The number of amides is 2. The van der Waals surface area contributed by atoms with Gasteiger partial charge >= 0.3 is 12.2 Å². The highest BCUT2D eigenvalue weighted by molar-refractivity contribution is 5.71. The van der Waals surface area contributed by atoms with E-state index in [0.29, 0.717) is 12.5 Å². The number of unbranched alkanes of at least 4 members (excludes halogenated alkanes) is 1. The topological polar surface area (TPSA) is 79.9 Å². The maximum Gasteiger partial charge on any atom is 0.410 e. The molecule has 0 bridgehead atoms. The maximum absolute atomic E-state index is 13.2. The van der Waals surface area contributed by atoms with Crippen LogP contribution in [0.3, 0.4) is 0 Å². The summed E-state index contributed by atoms with van der Waals surface area (Å²) < 4.78 is 11.1. The van der Waals surface area contributed by atoms with Gasteiger partial charge in [0.1, 0.15) is 11.2 Å². The van der Waals surface area contributed by atoms with Crippen molar-refractivity contribution < 1.29 is 19.1 Å². The van der Waals surface area contributed by atoms with E-state index in [1.54, 1.807) is 0 Å². The number of hydrogen-bond donors (Lipinski definition) is 2. The molecule has 0 aliphatic carbocycles. The molecule has 1 fully saturated rings. The Morgan fingerprint density at radius 2 is 1.79 bits per heavy atom. The molecule has 3 atom stereocenters. The van der Waals surface area contributed by atoms with E-state index >= 15 is 0 Å². The minimum absolute atomic E-state index is 0.0182. The second-order valence-electron chi connectivity index (χ2n) is 11.7. The van der Waals surface area contributed by atoms with Gasteiger partial charge in [-0.2, -0.15) is 0 Å². The molecule has 1 saturated heterocycles. The molecule has 0 spiro atoms. The largest absolute Gasteiger partial charge is 0.444 e. The third-order valence-electron chi connectivity index (χ3n) is 6.30. The number of carbonyl (C=O) groups is 2. The summed E-state index contributed by atoms with van der Waals surface area (Å²) in [6.07, 6.45) is 4.29. The van der Waals surface area contributed by atoms with Gasteiger partial charge in [0, 0.05) is 30.7 Å². The summed E-state index contributed by atoms with van der Waals surface area (Å²) in [5.41, 5.74) is 2.49. The summed E-state index contributed by atoms with van der Waals surface area (Å²) >= 11 is 0. The summed E-state index contributed by atoms with van der Waals surface area (Å²) in [6.45, 7) is 14.7. The lowest BCUT2D eigenvalue weighted by molar-refractivity contribution is -0.00405. The van der Waals surface area contributed by atoms with E-state index in [1.165, 1.54) is 11.1 Å². The third kappa shape index (κ3) is 7.03. The number of benzene rings is 1. The fraction of sp³-hybridized carbons (Fsp3) is 0.704. The molecule has 1 aromatic rings. The Labute approximate surface area is 204 Å². The van der Waals surface area contributed by atoms with E-state index in [-0.39, 0.29) is 24.3 Å². The lowest BCUT2D eigenvalue weighted by Crippen LogP contribution is -2.51. The predicted octanol–water partition coefficient (Wildman–Crippen LogP) is 6.17. The fourth-order valence-corrected chi connectivity index (χ4v) is 5.02. The lowest BCUT2D eigenvalue weighted by atomic mass is 9.75. The van der Waals surface area contributed by atoms with Gasteiger partial charge in [0.15, 0.2) is 0 Å². The van der Waals surface area contributed by atoms with Crippen LogP contribution in [-0.2, 0) is 9.47 Å². The number of nitrogens with zero attached hydrogens (tertiary/aromatic N) is 1. The van der Waals surface area contributed by atoms with Crippen molar-refractivity contribution in [3.05, 3.63) is 29.3 Å². The van der Waals surface area contributed by atoms with Crippen molar-refractivity contribution in [2.45, 2.75) is 104 Å². The molecule has 1 aromatic carbocycles. The number of anilines is 1. The van der Waals surface area contributed by atoms with E-state index < -0.39 is 11.2 Å². The van der Waals surface area contributed by atoms with Gasteiger partial charge in [0.25, 0.3) is 0 Å². The second-order valence-corrected chi connectivity index (χ2v) is 11.7. The molecule has 0 radical (unpaired) electrons. The first kappa shape index (κ1) is 26.2. The van der Waals surface area contributed by atoms with Crippen molar-refractivity contribution in [2.24, 2.45) is 5.92 Å². The molecular formula is C27H43N3O4. The second kappa shape index (κ2) is 10.4. The Kier molecular flexibility index (Phi) is 8.04. The molecule has 7 nitrogen and oxygen atoms in total. The Balaban J connectivity index is 1.68. The molecule has 0 aromatic heterocycles. The average Bonchev–Trinajstić information content (AvgIpc) is 2.70. The van der Waals surface area contributed by atoms with E-state index in [0.717, 1.165) is 44.3 Å². The predicted molar refractivity (Wildman–Crippen MR) is 135 cm³/mol. The quantitative estimate of drug-likeness (QED) is 0.500. The van der Waals surface area contributed by atoms with Crippen LogP contribution in [0.25, 0.3) is 0 Å². The summed E-state index contributed by atoms with van der Waals surface area (Å²) in [5, 5.41) is 6.62. The molecule has 2 amide bonds. The van der Waals surface area contributed by atoms with Crippen LogP contribution in [0.15, 0.2) is 18.2 Å². The Bertz CT molecular complexity index is 872. The molecule has 0 saturated carbocycles. The molecule has 2 heterocycles. The van der Waals surface area contributed by atoms with Crippen molar-refractivity contribution in [3.8, 4) is 0 Å². The highest BCUT2D eigenvalue weighted by atomic mass is 16.6. The number of likely N-dealkylation sites (tertiary alicyclic amines) is 1. The lowest BCUT2D eigenvalue weighted by Gasteiger charge is -2.49. The number of rotatable bonds is 5. The van der Waals surface area contributed by atoms with Crippen LogP contribution >= 0.6 is 0 Å². The van der Waals surface area contributed by atoms with E-state index in [2.05, 4.69) is 35.8 Å². The first-order valence-corrected chi connectivity index (χ1v) is 12.7. The van der Waals surface area contributed by atoms with Crippen molar-refractivity contribution in [3.63, 3.8) is 0 Å². The molecule has 2 N–H and O–H groups in total. The number of carbonyl (C=O) groups excluding carboxylic acids is 2. The molecule has 34 heavy (non-hydrogen) atoms. The van der Waals surface area contributed by atoms with Gasteiger partial charge in [-0.1, -0.05) is 17.7 Å². The zero-order valence-electron chi connectivity index (χ0n) is 22.0. The van der Waals surface area contributed by atoms with Crippen LogP contribution in [0.1, 0.15) is 90.8 Å². The number of alkyl carbamates (subject to hydrolysis) is 1. The first-order valence-electron chi connectivity index (χ1n) is 12.7. The Hall–Kier alpha value is -2.44. The van der Waals surface area contributed by atoms with Gasteiger partial charge in [-0.25, -0.2) is 9.59 Å². The van der Waals surface area contributed by atoms with Gasteiger partial charge < -0.3 is 25.0 Å². The molecule has 2 aliphatic rings. The van der Waals surface area contributed by atoms with Crippen LogP contribution in [0.2, 0.25) is 0 Å². The van der Waals surface area contributed by atoms with Gasteiger partial charge in [0.05, 0.1) is 6.04 Å². The number of ether oxygens (including phenoxy) is 2. The standard InChI is InChI=1S/C27H43N3O4/c1-18-13-14-22-20(17-18)23-19(11-10-16-30(23)25(32)34-27(5,6)7)21(29-22)12-8-9-15-28-24(31)33-26(2,3)4/h13-14,17,19,21,23,29H,8-12,15-16H2,1-7H3,(H,28,31)/t19-,21-,23-/m0/s1. The monoisotopic (exact) mass is 473 g/mol. The SMILES string of the molecule is Cc1ccc2c(c1)[C@@H]1[C@@H](CCCN1C(=O)OC(C)(C)C)[C@H](CCCCNC(=O)OC(C)(C)C)N2. The first-order chi connectivity index (χ1) is 15.8. The number of aryl methyl sites for hydroxylation is 1. The molecule has 190 valence electrons. The highest BCUT2D eigenvalue weighted by Gasteiger charge is 2.44. The number of piperidine rings is 1. The normalized spacial score (nSPS) is 22.2. The number of fused-ring (bicyclic) bond motifs is 3. The van der Waals surface area contributed by atoms with E-state index in [1.807, 2.05) is 46.4 Å². The Morgan fingerprint density at radius 3 is 2.47 bits per heavy atom. The van der Waals surface area contributed by atoms with Crippen LogP contribution in [-0.4, -0.2) is 47.4 Å². The average molecular weight is 474 g/mol. The van der Waals surface area contributed by atoms with Gasteiger partial charge in [0.2, 0.25) is 0 Å². The number of nitrogens with one attached hydrogen (secondary N) is 2. The molecule has 7 heteroatoms. The van der Waals surface area contributed by atoms with E-state index in [4.69, 9.17) is 9.47 Å². The smallest absolute Gasteiger partial charge is 0.410 e. The van der Waals surface area contributed by atoms with Crippen LogP contribution in [0, 0.1) is 12.8 Å². The molecule has 3 rings (SSSR count). The van der Waals surface area contributed by atoms with Crippen molar-refractivity contribution >= 4 is 17.9 Å². The van der Waals surface area contributed by atoms with Crippen LogP contribution in [0.5, 0.6) is 0 Å².